The maximum Gasteiger partial charge on any atom is 0.220 e. The van der Waals surface area contributed by atoms with E-state index in [1.807, 2.05) is 6.08 Å². The van der Waals surface area contributed by atoms with Crippen molar-refractivity contribution in [3.63, 3.8) is 0 Å². The van der Waals surface area contributed by atoms with Crippen LogP contribution < -0.4 is 5.32 Å². The van der Waals surface area contributed by atoms with Crippen molar-refractivity contribution in [3.05, 3.63) is 48.6 Å². The number of hydrogen-bond acceptors (Lipinski definition) is 3. The van der Waals surface area contributed by atoms with E-state index in [0.717, 1.165) is 38.5 Å². The average molecular weight is 1040 g/mol. The Morgan fingerprint density at radius 1 is 0.324 bits per heavy atom. The van der Waals surface area contributed by atoms with Crippen LogP contribution in [0.3, 0.4) is 0 Å². The third-order valence-electron chi connectivity index (χ3n) is 15.8. The molecular formula is C70H133NO3. The largest absolute Gasteiger partial charge is 0.394 e. The van der Waals surface area contributed by atoms with Crippen LogP contribution in [0.5, 0.6) is 0 Å². The fraction of sp³-hybridized carbons (Fsp3) is 0.871. The number of carbonyl (C=O) groups is 1. The van der Waals surface area contributed by atoms with Crippen LogP contribution in [0.2, 0.25) is 0 Å². The zero-order valence-corrected chi connectivity index (χ0v) is 50.4. The van der Waals surface area contributed by atoms with Crippen LogP contribution in [0.4, 0.5) is 0 Å². The molecule has 2 unspecified atom stereocenters. The van der Waals surface area contributed by atoms with Gasteiger partial charge in [0.25, 0.3) is 0 Å². The summed E-state index contributed by atoms with van der Waals surface area (Å²) in [6, 6.07) is -0.623. The van der Waals surface area contributed by atoms with Gasteiger partial charge in [0, 0.05) is 6.42 Å². The molecule has 0 bridgehead atoms. The highest BCUT2D eigenvalue weighted by Gasteiger charge is 2.18. The van der Waals surface area contributed by atoms with Gasteiger partial charge in [-0.2, -0.15) is 0 Å². The van der Waals surface area contributed by atoms with E-state index in [9.17, 15) is 15.0 Å². The number of allylic oxidation sites excluding steroid dienone is 7. The molecule has 0 aliphatic heterocycles. The third-order valence-corrected chi connectivity index (χ3v) is 15.8. The zero-order valence-electron chi connectivity index (χ0n) is 50.4. The minimum absolute atomic E-state index is 0.0571. The highest BCUT2D eigenvalue weighted by Crippen LogP contribution is 2.19. The molecule has 0 aromatic heterocycles. The van der Waals surface area contributed by atoms with E-state index in [1.165, 1.54) is 315 Å². The van der Waals surface area contributed by atoms with Crippen LogP contribution in [0, 0.1) is 0 Å². The van der Waals surface area contributed by atoms with Crippen LogP contribution in [-0.2, 0) is 4.79 Å². The Bertz CT molecular complexity index is 1170. The number of nitrogens with one attached hydrogen (secondary N) is 1. The monoisotopic (exact) mass is 1040 g/mol. The van der Waals surface area contributed by atoms with Gasteiger partial charge >= 0.3 is 0 Å². The van der Waals surface area contributed by atoms with Gasteiger partial charge in [0.05, 0.1) is 18.8 Å². The van der Waals surface area contributed by atoms with Crippen molar-refractivity contribution in [2.75, 3.05) is 6.61 Å². The summed E-state index contributed by atoms with van der Waals surface area (Å²) in [5, 5.41) is 23.3. The second-order valence-electron chi connectivity index (χ2n) is 23.2. The number of amides is 1. The topological polar surface area (TPSA) is 69.6 Å². The summed E-state index contributed by atoms with van der Waals surface area (Å²) >= 11 is 0. The van der Waals surface area contributed by atoms with Crippen LogP contribution in [-0.4, -0.2) is 34.9 Å². The first kappa shape index (κ1) is 72.3. The molecule has 4 heteroatoms. The van der Waals surface area contributed by atoms with Crippen LogP contribution in [0.25, 0.3) is 0 Å². The molecule has 4 nitrogen and oxygen atoms in total. The molecule has 0 aliphatic rings. The predicted molar refractivity (Wildman–Crippen MR) is 331 cm³/mol. The first-order chi connectivity index (χ1) is 36.7. The van der Waals surface area contributed by atoms with Crippen LogP contribution in [0.15, 0.2) is 48.6 Å². The van der Waals surface area contributed by atoms with E-state index in [1.54, 1.807) is 6.08 Å². The second kappa shape index (κ2) is 65.6. The number of aliphatic hydroxyl groups excluding tert-OH is 2. The molecular weight excluding hydrogens is 903 g/mol. The van der Waals surface area contributed by atoms with Crippen molar-refractivity contribution >= 4 is 5.91 Å². The Morgan fingerprint density at radius 2 is 0.554 bits per heavy atom. The lowest BCUT2D eigenvalue weighted by molar-refractivity contribution is -0.123. The van der Waals surface area contributed by atoms with Crippen molar-refractivity contribution in [1.82, 2.24) is 5.32 Å². The molecule has 3 N–H and O–H groups in total. The molecule has 2 atom stereocenters. The van der Waals surface area contributed by atoms with Gasteiger partial charge in [-0.3, -0.25) is 4.79 Å². The molecule has 0 fully saturated rings. The Hall–Kier alpha value is -1.65. The summed E-state index contributed by atoms with van der Waals surface area (Å²) < 4.78 is 0. The summed E-state index contributed by atoms with van der Waals surface area (Å²) in [7, 11) is 0. The van der Waals surface area contributed by atoms with E-state index in [-0.39, 0.29) is 12.5 Å². The van der Waals surface area contributed by atoms with Crippen LogP contribution in [0.1, 0.15) is 373 Å². The standard InChI is InChI=1S/C70H133NO3/c1-3-5-7-9-11-13-15-17-19-21-23-25-27-29-31-32-33-34-35-36-37-38-40-42-44-46-48-50-52-54-56-58-60-62-64-66-70(74)71-68(67-72)69(73)65-63-61-59-57-55-53-51-49-47-45-43-41-39-30-28-26-24-22-20-18-16-14-12-10-8-6-4-2/h15,17,21,23,27,29,63,65,68-69,72-73H,3-14,16,18-20,22,24-26,28,30-62,64,66-67H2,1-2H3,(H,71,74)/b17-15-,23-21-,29-27-,65-63+. The van der Waals surface area contributed by atoms with Crippen molar-refractivity contribution in [3.8, 4) is 0 Å². The minimum atomic E-state index is -0.840. The number of unbranched alkanes of at least 4 members (excludes halogenated alkanes) is 50. The number of carbonyl (C=O) groups excluding carboxylic acids is 1. The Balaban J connectivity index is 3.43. The van der Waals surface area contributed by atoms with Gasteiger partial charge in [-0.1, -0.05) is 358 Å². The molecule has 0 saturated carbocycles. The zero-order chi connectivity index (χ0) is 53.4. The second-order valence-corrected chi connectivity index (χ2v) is 23.2. The van der Waals surface area contributed by atoms with Gasteiger partial charge in [0.15, 0.2) is 0 Å². The molecule has 436 valence electrons. The highest BCUT2D eigenvalue weighted by molar-refractivity contribution is 5.76. The minimum Gasteiger partial charge on any atom is -0.394 e. The molecule has 0 aliphatic carbocycles. The summed E-state index contributed by atoms with van der Waals surface area (Å²) in [6.07, 6.45) is 91.9. The average Bonchev–Trinajstić information content (AvgIpc) is 3.40. The fourth-order valence-electron chi connectivity index (χ4n) is 10.7. The first-order valence-corrected chi connectivity index (χ1v) is 33.9. The molecule has 0 saturated heterocycles. The predicted octanol–water partition coefficient (Wildman–Crippen LogP) is 22.9. The maximum absolute atomic E-state index is 12.5. The van der Waals surface area contributed by atoms with E-state index in [4.69, 9.17) is 0 Å². The van der Waals surface area contributed by atoms with Crippen molar-refractivity contribution in [2.24, 2.45) is 0 Å². The normalized spacial score (nSPS) is 13.0. The number of rotatable bonds is 63. The first-order valence-electron chi connectivity index (χ1n) is 33.9. The number of hydrogen-bond donors (Lipinski definition) is 3. The quantitative estimate of drug-likeness (QED) is 0.0420. The fourth-order valence-corrected chi connectivity index (χ4v) is 10.7. The lowest BCUT2D eigenvalue weighted by atomic mass is 10.0. The Kier molecular flexibility index (Phi) is 64.2. The van der Waals surface area contributed by atoms with Gasteiger partial charge in [-0.05, 0) is 57.8 Å². The summed E-state index contributed by atoms with van der Waals surface area (Å²) in [6.45, 7) is 4.34. The van der Waals surface area contributed by atoms with Gasteiger partial charge < -0.3 is 15.5 Å². The Labute approximate surface area is 464 Å². The number of aliphatic hydroxyl groups is 2. The highest BCUT2D eigenvalue weighted by atomic mass is 16.3. The van der Waals surface area contributed by atoms with E-state index >= 15 is 0 Å². The molecule has 0 heterocycles. The Morgan fingerprint density at radius 3 is 0.824 bits per heavy atom. The molecule has 0 aromatic rings. The van der Waals surface area contributed by atoms with E-state index < -0.39 is 12.1 Å². The molecule has 0 radical (unpaired) electrons. The maximum atomic E-state index is 12.5. The summed E-state index contributed by atoms with van der Waals surface area (Å²) in [4.78, 5) is 12.5. The van der Waals surface area contributed by atoms with E-state index in [0.29, 0.717) is 6.42 Å². The summed E-state index contributed by atoms with van der Waals surface area (Å²) in [5.41, 5.74) is 0. The molecule has 0 rings (SSSR count). The van der Waals surface area contributed by atoms with Gasteiger partial charge in [0.1, 0.15) is 0 Å². The molecule has 0 spiro atoms. The lowest BCUT2D eigenvalue weighted by Crippen LogP contribution is -2.45. The van der Waals surface area contributed by atoms with Gasteiger partial charge in [0.2, 0.25) is 5.91 Å². The van der Waals surface area contributed by atoms with Gasteiger partial charge in [-0.15, -0.1) is 0 Å². The third kappa shape index (κ3) is 61.2. The van der Waals surface area contributed by atoms with Gasteiger partial charge in [-0.25, -0.2) is 0 Å². The van der Waals surface area contributed by atoms with Crippen molar-refractivity contribution in [1.29, 1.82) is 0 Å². The smallest absolute Gasteiger partial charge is 0.220 e. The van der Waals surface area contributed by atoms with Crippen LogP contribution >= 0.6 is 0 Å². The molecule has 0 aromatic carbocycles. The van der Waals surface area contributed by atoms with Crippen molar-refractivity contribution in [2.45, 2.75) is 386 Å². The van der Waals surface area contributed by atoms with Crippen molar-refractivity contribution < 1.29 is 15.0 Å². The lowest BCUT2D eigenvalue weighted by Gasteiger charge is -2.20. The SMILES string of the molecule is CCCCCCC/C=C\C/C=C\C/C=C\CCCCCCCCCCCCCCCCCCCCCCC(=O)NC(CO)C(O)/C=C/CCCCCCCCCCCCCCCCCCCCCCCCCCC. The molecule has 74 heavy (non-hydrogen) atoms. The molecule has 1 amide bonds. The summed E-state index contributed by atoms with van der Waals surface area (Å²) in [5.74, 6) is -0.0571. The van der Waals surface area contributed by atoms with E-state index in [2.05, 4.69) is 55.6 Å².